The minimum atomic E-state index is -3.95. The normalized spacial score (nSPS) is 11.9. The van der Waals surface area contributed by atoms with Crippen LogP contribution in [0.3, 0.4) is 0 Å². The molecule has 0 aliphatic rings. The predicted octanol–water partition coefficient (Wildman–Crippen LogP) is 6.16. The van der Waals surface area contributed by atoms with Gasteiger partial charge in [-0.2, -0.15) is 0 Å². The van der Waals surface area contributed by atoms with Crippen LogP contribution in [-0.2, 0) is 23.0 Å². The molecule has 7 nitrogen and oxygen atoms in total. The third-order valence-corrected chi connectivity index (χ3v) is 7.48. The van der Waals surface area contributed by atoms with Gasteiger partial charge in [0.15, 0.2) is 0 Å². The van der Waals surface area contributed by atoms with Gasteiger partial charge in [0.05, 0.1) is 11.4 Å². The molecule has 0 saturated carbocycles. The first-order valence-electron chi connectivity index (χ1n) is 11.9. The first kappa shape index (κ1) is 25.9. The van der Waals surface area contributed by atoms with Crippen LogP contribution in [0.4, 0.5) is 5.95 Å². The molecule has 0 amide bonds. The Bertz CT molecular complexity index is 1450. The van der Waals surface area contributed by atoms with Crippen molar-refractivity contribution in [2.75, 3.05) is 4.72 Å². The average Bonchev–Trinajstić information content (AvgIpc) is 3.29. The molecule has 4 aromatic rings. The lowest BCUT2D eigenvalue weighted by Crippen LogP contribution is -2.16. The van der Waals surface area contributed by atoms with Gasteiger partial charge < -0.3 is 4.57 Å². The molecule has 188 valence electrons. The Balaban J connectivity index is 1.74. The van der Waals surface area contributed by atoms with Crippen LogP contribution in [0.25, 0.3) is 11.1 Å². The molecular weight excluding hydrogens is 494 g/mol. The highest BCUT2D eigenvalue weighted by Crippen LogP contribution is 2.33. The van der Waals surface area contributed by atoms with Gasteiger partial charge in [0, 0.05) is 41.3 Å². The third-order valence-electron chi connectivity index (χ3n) is 5.74. The Kier molecular flexibility index (Phi) is 7.76. The van der Waals surface area contributed by atoms with E-state index in [-0.39, 0.29) is 16.8 Å². The molecule has 0 spiro atoms. The molecule has 0 atom stereocenters. The number of sulfonamides is 1. The molecule has 2 heterocycles. The van der Waals surface area contributed by atoms with Gasteiger partial charge in [-0.1, -0.05) is 57.5 Å². The van der Waals surface area contributed by atoms with Crippen molar-refractivity contribution < 1.29 is 8.42 Å². The van der Waals surface area contributed by atoms with Gasteiger partial charge in [-0.25, -0.2) is 28.1 Å². The van der Waals surface area contributed by atoms with Crippen LogP contribution in [0.2, 0.25) is 5.02 Å². The van der Waals surface area contributed by atoms with Crippen molar-refractivity contribution in [2.24, 2.45) is 5.92 Å². The fourth-order valence-corrected chi connectivity index (χ4v) is 5.55. The second-order valence-corrected chi connectivity index (χ2v) is 11.5. The number of halogens is 1. The van der Waals surface area contributed by atoms with Crippen LogP contribution >= 0.6 is 11.6 Å². The van der Waals surface area contributed by atoms with E-state index in [1.165, 1.54) is 12.4 Å². The van der Waals surface area contributed by atoms with Crippen LogP contribution < -0.4 is 4.72 Å². The van der Waals surface area contributed by atoms with Gasteiger partial charge in [-0.3, -0.25) is 0 Å². The Labute approximate surface area is 217 Å². The van der Waals surface area contributed by atoms with Gasteiger partial charge >= 0.3 is 0 Å². The van der Waals surface area contributed by atoms with E-state index in [1.807, 2.05) is 36.5 Å². The highest BCUT2D eigenvalue weighted by atomic mass is 35.5. The number of benzene rings is 2. The molecule has 1 N–H and O–H groups in total. The first-order chi connectivity index (χ1) is 17.1. The molecule has 4 rings (SSSR count). The molecule has 36 heavy (non-hydrogen) atoms. The van der Waals surface area contributed by atoms with E-state index in [0.29, 0.717) is 23.0 Å². The Morgan fingerprint density at radius 1 is 0.972 bits per heavy atom. The summed E-state index contributed by atoms with van der Waals surface area (Å²) in [6, 6.07) is 12.7. The van der Waals surface area contributed by atoms with E-state index in [9.17, 15) is 8.42 Å². The number of nitrogens with one attached hydrogen (secondary N) is 1. The zero-order chi connectivity index (χ0) is 25.9. The molecular formula is C27H30ClN5O2S. The lowest BCUT2D eigenvalue weighted by molar-refractivity contribution is 0.601. The smallest absolute Gasteiger partial charge is 0.264 e. The van der Waals surface area contributed by atoms with E-state index >= 15 is 0 Å². The summed E-state index contributed by atoms with van der Waals surface area (Å²) in [7, 11) is -3.95. The topological polar surface area (TPSA) is 89.8 Å². The molecule has 9 heteroatoms. The maximum Gasteiger partial charge on any atom is 0.264 e. The summed E-state index contributed by atoms with van der Waals surface area (Å²) in [5, 5.41) is 0.563. The summed E-state index contributed by atoms with van der Waals surface area (Å²) in [4.78, 5) is 12.6. The number of hydrogen-bond donors (Lipinski definition) is 1. The number of imidazole rings is 1. The molecule has 0 fully saturated rings. The fraction of sp³-hybridized carbons (Fsp3) is 0.296. The Hall–Kier alpha value is -3.23. The minimum absolute atomic E-state index is 0.0179. The summed E-state index contributed by atoms with van der Waals surface area (Å²) in [5.74, 6) is 1.71. The van der Waals surface area contributed by atoms with Crippen LogP contribution in [0, 0.1) is 5.92 Å². The Morgan fingerprint density at radius 3 is 2.39 bits per heavy atom. The zero-order valence-electron chi connectivity index (χ0n) is 20.8. The van der Waals surface area contributed by atoms with Gasteiger partial charge in [-0.15, -0.1) is 0 Å². The lowest BCUT2D eigenvalue weighted by atomic mass is 9.97. The van der Waals surface area contributed by atoms with Crippen molar-refractivity contribution in [2.45, 2.75) is 51.5 Å². The third kappa shape index (κ3) is 5.94. The first-order valence-corrected chi connectivity index (χ1v) is 13.7. The second kappa shape index (κ2) is 10.8. The molecule has 0 unspecified atom stereocenters. The number of rotatable bonds is 9. The van der Waals surface area contributed by atoms with Crippen molar-refractivity contribution in [3.8, 4) is 11.1 Å². The van der Waals surface area contributed by atoms with Crippen LogP contribution in [0.1, 0.15) is 50.6 Å². The van der Waals surface area contributed by atoms with Gasteiger partial charge in [0.25, 0.3) is 10.0 Å². The highest BCUT2D eigenvalue weighted by Gasteiger charge is 2.22. The average molecular weight is 524 g/mol. The number of hydrogen-bond acceptors (Lipinski definition) is 5. The van der Waals surface area contributed by atoms with Gasteiger partial charge in [0.2, 0.25) is 5.95 Å². The molecule has 0 bridgehead atoms. The van der Waals surface area contributed by atoms with Crippen molar-refractivity contribution in [3.63, 3.8) is 0 Å². The summed E-state index contributed by atoms with van der Waals surface area (Å²) in [6.45, 7) is 9.05. The second-order valence-electron chi connectivity index (χ2n) is 9.48. The number of nitrogens with zero attached hydrogens (tertiary/aromatic N) is 4. The van der Waals surface area contributed by atoms with Crippen molar-refractivity contribution in [3.05, 3.63) is 89.2 Å². The molecule has 0 radical (unpaired) electrons. The monoisotopic (exact) mass is 523 g/mol. The SMILES string of the molecule is CC(C)Cc1ccc(S(=O)(=O)Nc2ncccn2)c(-c2ccc(Cn3ccnc3C(C)C)c(Cl)c2)c1. The fourth-order valence-electron chi connectivity index (χ4n) is 4.14. The molecule has 0 aliphatic carbocycles. The largest absolute Gasteiger partial charge is 0.330 e. The van der Waals surface area contributed by atoms with Gasteiger partial charge in [0.1, 0.15) is 5.82 Å². The number of anilines is 1. The van der Waals surface area contributed by atoms with E-state index in [2.05, 4.69) is 51.9 Å². The van der Waals surface area contributed by atoms with E-state index in [4.69, 9.17) is 11.6 Å². The standard InChI is InChI=1S/C27H30ClN5O2S/c1-18(2)14-20-6-9-25(36(34,35)32-27-30-10-5-11-31-27)23(15-20)21-7-8-22(24(28)16-21)17-33-13-12-29-26(33)19(3)4/h5-13,15-16,18-19H,14,17H2,1-4H3,(H,30,31,32). The van der Waals surface area contributed by atoms with Crippen molar-refractivity contribution >= 4 is 27.6 Å². The summed E-state index contributed by atoms with van der Waals surface area (Å²) >= 11 is 6.73. The van der Waals surface area contributed by atoms with Crippen molar-refractivity contribution in [1.29, 1.82) is 0 Å². The quantitative estimate of drug-likeness (QED) is 0.283. The van der Waals surface area contributed by atoms with Crippen molar-refractivity contribution in [1.82, 2.24) is 19.5 Å². The van der Waals surface area contributed by atoms with E-state index < -0.39 is 10.0 Å². The lowest BCUT2D eigenvalue weighted by Gasteiger charge is -2.16. The Morgan fingerprint density at radius 2 is 1.72 bits per heavy atom. The van der Waals surface area contributed by atoms with Crippen LogP contribution in [-0.4, -0.2) is 27.9 Å². The van der Waals surface area contributed by atoms with E-state index in [1.54, 1.807) is 18.3 Å². The minimum Gasteiger partial charge on any atom is -0.330 e. The molecule has 0 aliphatic heterocycles. The zero-order valence-corrected chi connectivity index (χ0v) is 22.4. The van der Waals surface area contributed by atoms with Crippen LogP contribution in [0.5, 0.6) is 0 Å². The summed E-state index contributed by atoms with van der Waals surface area (Å²) in [6.07, 6.45) is 7.53. The highest BCUT2D eigenvalue weighted by molar-refractivity contribution is 7.92. The molecule has 2 aromatic carbocycles. The maximum absolute atomic E-state index is 13.4. The number of aromatic nitrogens is 4. The van der Waals surface area contributed by atoms with E-state index in [0.717, 1.165) is 28.9 Å². The maximum atomic E-state index is 13.4. The van der Waals surface area contributed by atoms with Gasteiger partial charge in [-0.05, 0) is 53.3 Å². The van der Waals surface area contributed by atoms with Crippen LogP contribution in [0.15, 0.2) is 72.1 Å². The molecule has 0 saturated heterocycles. The predicted molar refractivity (Wildman–Crippen MR) is 144 cm³/mol. The molecule has 2 aromatic heterocycles. The summed E-state index contributed by atoms with van der Waals surface area (Å²) in [5.41, 5.74) is 3.28. The summed E-state index contributed by atoms with van der Waals surface area (Å²) < 4.78 is 31.3.